The van der Waals surface area contributed by atoms with E-state index in [0.29, 0.717) is 6.54 Å². The van der Waals surface area contributed by atoms with Gasteiger partial charge >= 0.3 is 0 Å². The second-order valence-electron chi connectivity index (χ2n) is 4.67. The zero-order valence-corrected chi connectivity index (χ0v) is 12.4. The third-order valence-electron chi connectivity index (χ3n) is 3.47. The molecule has 0 aliphatic rings. The van der Waals surface area contributed by atoms with Crippen LogP contribution < -0.4 is 5.73 Å². The Morgan fingerprint density at radius 1 is 1.53 bits per heavy atom. The minimum atomic E-state index is 0.238. The van der Waals surface area contributed by atoms with Gasteiger partial charge in [0.15, 0.2) is 0 Å². The van der Waals surface area contributed by atoms with E-state index in [1.165, 1.54) is 10.6 Å². The van der Waals surface area contributed by atoms with Gasteiger partial charge in [-0.2, -0.15) is 0 Å². The number of aryl methyl sites for hydroxylation is 1. The van der Waals surface area contributed by atoms with Crippen LogP contribution in [0.25, 0.3) is 0 Å². The second-order valence-corrected chi connectivity index (χ2v) is 5.70. The summed E-state index contributed by atoms with van der Waals surface area (Å²) in [5, 5.41) is 2.13. The van der Waals surface area contributed by atoms with Crippen molar-refractivity contribution in [2.75, 3.05) is 20.1 Å². The summed E-state index contributed by atoms with van der Waals surface area (Å²) in [5.74, 6) is 0. The fourth-order valence-electron chi connectivity index (χ4n) is 2.30. The molecule has 1 atom stereocenters. The number of nitrogens with zero attached hydrogens (tertiary/aromatic N) is 3. The van der Waals surface area contributed by atoms with Gasteiger partial charge < -0.3 is 10.3 Å². The molecule has 2 heterocycles. The summed E-state index contributed by atoms with van der Waals surface area (Å²) >= 11 is 1.81. The first-order chi connectivity index (χ1) is 9.26. The molecule has 0 fully saturated rings. The third-order valence-corrected chi connectivity index (χ3v) is 4.41. The fourth-order valence-corrected chi connectivity index (χ4v) is 2.99. The summed E-state index contributed by atoms with van der Waals surface area (Å²) in [6.07, 6.45) is 4.89. The van der Waals surface area contributed by atoms with Gasteiger partial charge in [-0.05, 0) is 31.8 Å². The lowest BCUT2D eigenvalue weighted by molar-refractivity contribution is 0.244. The van der Waals surface area contributed by atoms with Crippen LogP contribution in [0.4, 0.5) is 0 Å². The van der Waals surface area contributed by atoms with Gasteiger partial charge in [-0.1, -0.05) is 6.07 Å². The third kappa shape index (κ3) is 3.43. The molecule has 2 aromatic heterocycles. The molecule has 0 amide bonds. The van der Waals surface area contributed by atoms with Gasteiger partial charge in [-0.25, -0.2) is 4.98 Å². The average molecular weight is 278 g/mol. The Morgan fingerprint density at radius 2 is 2.37 bits per heavy atom. The zero-order valence-electron chi connectivity index (χ0n) is 11.6. The minimum Gasteiger partial charge on any atom is -0.333 e. The molecular formula is C14H22N4S. The van der Waals surface area contributed by atoms with Crippen molar-refractivity contribution >= 4 is 11.3 Å². The van der Waals surface area contributed by atoms with Crippen molar-refractivity contribution < 1.29 is 0 Å². The Kier molecular flexibility index (Phi) is 5.13. The van der Waals surface area contributed by atoms with Crippen molar-refractivity contribution in [1.29, 1.82) is 0 Å². The maximum absolute atomic E-state index is 5.96. The summed E-state index contributed by atoms with van der Waals surface area (Å²) in [7, 11) is 2.14. The van der Waals surface area contributed by atoms with E-state index in [1.807, 2.05) is 23.9 Å². The molecule has 0 saturated heterocycles. The van der Waals surface area contributed by atoms with Crippen molar-refractivity contribution in [3.8, 4) is 0 Å². The predicted octanol–water partition coefficient (Wildman–Crippen LogP) is 2.14. The number of likely N-dealkylation sites (N-methyl/N-ethyl adjacent to an activating group) is 1. The number of hydrogen-bond donors (Lipinski definition) is 1. The summed E-state index contributed by atoms with van der Waals surface area (Å²) in [6, 6.07) is 4.53. The van der Waals surface area contributed by atoms with Crippen LogP contribution in [0, 0.1) is 0 Å². The van der Waals surface area contributed by atoms with Crippen LogP contribution >= 0.6 is 11.3 Å². The molecule has 19 heavy (non-hydrogen) atoms. The van der Waals surface area contributed by atoms with Gasteiger partial charge in [0.2, 0.25) is 0 Å². The van der Waals surface area contributed by atoms with Crippen LogP contribution in [0.2, 0.25) is 0 Å². The molecule has 0 bridgehead atoms. The highest BCUT2D eigenvalue weighted by Gasteiger charge is 2.18. The van der Waals surface area contributed by atoms with Crippen LogP contribution in [0.1, 0.15) is 23.5 Å². The highest BCUT2D eigenvalue weighted by Crippen LogP contribution is 2.19. The molecule has 0 aliphatic heterocycles. The molecule has 0 aromatic carbocycles. The molecule has 4 nitrogen and oxygen atoms in total. The van der Waals surface area contributed by atoms with Gasteiger partial charge in [0.1, 0.15) is 0 Å². The predicted molar refractivity (Wildman–Crippen MR) is 80.3 cm³/mol. The molecule has 2 N–H and O–H groups in total. The second kappa shape index (κ2) is 6.84. The summed E-state index contributed by atoms with van der Waals surface area (Å²) in [5.41, 5.74) is 7.16. The van der Waals surface area contributed by atoms with Crippen molar-refractivity contribution in [3.05, 3.63) is 40.6 Å². The van der Waals surface area contributed by atoms with Gasteiger partial charge in [0.25, 0.3) is 0 Å². The van der Waals surface area contributed by atoms with E-state index in [9.17, 15) is 0 Å². The molecular weight excluding hydrogens is 256 g/mol. The van der Waals surface area contributed by atoms with Crippen LogP contribution in [0.15, 0.2) is 30.0 Å². The first-order valence-electron chi connectivity index (χ1n) is 6.69. The maximum Gasteiger partial charge on any atom is 0.0948 e. The molecule has 0 spiro atoms. The fraction of sp³-hybridized carbons (Fsp3) is 0.500. The molecule has 104 valence electrons. The van der Waals surface area contributed by atoms with E-state index < -0.39 is 0 Å². The highest BCUT2D eigenvalue weighted by molar-refractivity contribution is 7.09. The average Bonchev–Trinajstić information content (AvgIpc) is 3.08. The van der Waals surface area contributed by atoms with E-state index in [1.54, 1.807) is 0 Å². The Morgan fingerprint density at radius 3 is 3.00 bits per heavy atom. The van der Waals surface area contributed by atoms with E-state index in [-0.39, 0.29) is 6.04 Å². The van der Waals surface area contributed by atoms with Crippen LogP contribution in [0.3, 0.4) is 0 Å². The largest absolute Gasteiger partial charge is 0.333 e. The Bertz CT molecular complexity index is 477. The number of imidazole rings is 1. The minimum absolute atomic E-state index is 0.238. The number of rotatable bonds is 7. The Labute approximate surface area is 118 Å². The van der Waals surface area contributed by atoms with Crippen molar-refractivity contribution in [2.24, 2.45) is 5.73 Å². The Hall–Kier alpha value is -1.17. The molecule has 2 aromatic rings. The van der Waals surface area contributed by atoms with Gasteiger partial charge in [-0.3, -0.25) is 4.90 Å². The molecule has 0 radical (unpaired) electrons. The lowest BCUT2D eigenvalue weighted by Gasteiger charge is -2.27. The molecule has 1 unspecified atom stereocenters. The summed E-state index contributed by atoms with van der Waals surface area (Å²) in [6.45, 7) is 4.69. The van der Waals surface area contributed by atoms with Crippen molar-refractivity contribution in [1.82, 2.24) is 14.5 Å². The number of nitrogens with two attached hydrogens (primary N) is 1. The SMILES string of the molecule is CCn1cncc1C(CN)N(C)CCc1cccs1. The molecule has 2 rings (SSSR count). The molecule has 0 aliphatic carbocycles. The Balaban J connectivity index is 2.00. The van der Waals surface area contributed by atoms with E-state index in [4.69, 9.17) is 5.73 Å². The van der Waals surface area contributed by atoms with Gasteiger partial charge in [-0.15, -0.1) is 11.3 Å². The van der Waals surface area contributed by atoms with E-state index in [0.717, 1.165) is 19.5 Å². The molecule has 0 saturated carbocycles. The normalized spacial score (nSPS) is 13.1. The summed E-state index contributed by atoms with van der Waals surface area (Å²) in [4.78, 5) is 7.98. The lowest BCUT2D eigenvalue weighted by Crippen LogP contribution is -2.33. The lowest BCUT2D eigenvalue weighted by atomic mass is 10.1. The van der Waals surface area contributed by atoms with Crippen LogP contribution in [0.5, 0.6) is 0 Å². The topological polar surface area (TPSA) is 47.1 Å². The molecule has 5 heteroatoms. The van der Waals surface area contributed by atoms with Crippen LogP contribution in [-0.4, -0.2) is 34.6 Å². The van der Waals surface area contributed by atoms with Gasteiger partial charge in [0, 0.05) is 30.7 Å². The van der Waals surface area contributed by atoms with E-state index in [2.05, 4.69) is 45.9 Å². The number of hydrogen-bond acceptors (Lipinski definition) is 4. The maximum atomic E-state index is 5.96. The van der Waals surface area contributed by atoms with E-state index >= 15 is 0 Å². The monoisotopic (exact) mass is 278 g/mol. The van der Waals surface area contributed by atoms with Crippen molar-refractivity contribution in [3.63, 3.8) is 0 Å². The number of aromatic nitrogens is 2. The quantitative estimate of drug-likeness (QED) is 0.844. The van der Waals surface area contributed by atoms with Crippen LogP contribution in [-0.2, 0) is 13.0 Å². The summed E-state index contributed by atoms with van der Waals surface area (Å²) < 4.78 is 2.17. The van der Waals surface area contributed by atoms with Crippen molar-refractivity contribution in [2.45, 2.75) is 25.9 Å². The number of thiophene rings is 1. The van der Waals surface area contributed by atoms with Gasteiger partial charge in [0.05, 0.1) is 18.1 Å². The zero-order chi connectivity index (χ0) is 13.7. The standard InChI is InChI=1S/C14H22N4S/c1-3-18-11-16-10-14(18)13(9-15)17(2)7-6-12-5-4-8-19-12/h4-5,8,10-11,13H,3,6-7,9,15H2,1-2H3. The highest BCUT2D eigenvalue weighted by atomic mass is 32.1. The first kappa shape index (κ1) is 14.2. The first-order valence-corrected chi connectivity index (χ1v) is 7.57. The smallest absolute Gasteiger partial charge is 0.0948 e.